The lowest BCUT2D eigenvalue weighted by atomic mass is 10.1. The zero-order valence-corrected chi connectivity index (χ0v) is 19.4. The molecule has 2 amide bonds. The minimum absolute atomic E-state index is 0.0589. The van der Waals surface area contributed by atoms with Gasteiger partial charge in [-0.05, 0) is 54.9 Å². The number of nitrogens with one attached hydrogen (secondary N) is 3. The first-order chi connectivity index (χ1) is 14.3. The minimum atomic E-state index is -0.458. The summed E-state index contributed by atoms with van der Waals surface area (Å²) in [6, 6.07) is 11.9. The van der Waals surface area contributed by atoms with E-state index in [1.165, 1.54) is 7.11 Å². The Bertz CT molecular complexity index is 921. The van der Waals surface area contributed by atoms with Crippen LogP contribution in [0.1, 0.15) is 41.0 Å². The van der Waals surface area contributed by atoms with Crippen LogP contribution in [0.2, 0.25) is 0 Å². The number of hydrazine groups is 1. The number of hydrogen-bond donors (Lipinski definition) is 3. The van der Waals surface area contributed by atoms with E-state index in [1.807, 2.05) is 0 Å². The summed E-state index contributed by atoms with van der Waals surface area (Å²) in [7, 11) is 1.48. The molecule has 0 fully saturated rings. The Hall–Kier alpha value is -2.65. The van der Waals surface area contributed by atoms with Crippen LogP contribution in [0.5, 0.6) is 11.5 Å². The number of benzene rings is 2. The van der Waals surface area contributed by atoms with Gasteiger partial charge in [-0.2, -0.15) is 0 Å². The van der Waals surface area contributed by atoms with Crippen molar-refractivity contribution in [3.05, 3.63) is 58.1 Å². The molecule has 9 heteroatoms. The quantitative estimate of drug-likeness (QED) is 0.401. The Balaban J connectivity index is 1.97. The van der Waals surface area contributed by atoms with Crippen molar-refractivity contribution in [1.29, 1.82) is 0 Å². The highest BCUT2D eigenvalue weighted by molar-refractivity contribution is 9.10. The number of hydrogen-bond acceptors (Lipinski definition) is 5. The third-order valence-electron chi connectivity index (χ3n) is 4.01. The van der Waals surface area contributed by atoms with Crippen molar-refractivity contribution < 1.29 is 19.1 Å². The summed E-state index contributed by atoms with van der Waals surface area (Å²) in [4.78, 5) is 25.0. The molecule has 0 saturated carbocycles. The van der Waals surface area contributed by atoms with Crippen molar-refractivity contribution in [3.63, 3.8) is 0 Å². The molecule has 0 aromatic heterocycles. The van der Waals surface area contributed by atoms with Gasteiger partial charge in [0.2, 0.25) is 0 Å². The molecule has 0 saturated heterocycles. The standard InChI is InChI=1S/C21H24BrN3O4S/c1-13(2)10-11-29-18-9-8-14(22)12-16(18)19(26)23-21(30)25-24-20(27)15-6-4-5-7-17(15)28-3/h4-9,12-13H,10-11H2,1-3H3,(H,24,27)(H2,23,25,26,30). The van der Waals surface area contributed by atoms with Crippen molar-refractivity contribution in [2.75, 3.05) is 13.7 Å². The van der Waals surface area contributed by atoms with Gasteiger partial charge in [-0.1, -0.05) is 41.9 Å². The van der Waals surface area contributed by atoms with Crippen LogP contribution in [0.4, 0.5) is 0 Å². The Kier molecular flexibility index (Phi) is 9.07. The second-order valence-electron chi connectivity index (χ2n) is 6.73. The van der Waals surface area contributed by atoms with Gasteiger partial charge in [0.15, 0.2) is 5.11 Å². The number of rotatable bonds is 7. The van der Waals surface area contributed by atoms with Crippen LogP contribution in [0.3, 0.4) is 0 Å². The zero-order chi connectivity index (χ0) is 22.1. The van der Waals surface area contributed by atoms with Gasteiger partial charge in [0.25, 0.3) is 11.8 Å². The molecule has 160 valence electrons. The molecule has 3 N–H and O–H groups in total. The van der Waals surface area contributed by atoms with E-state index in [-0.39, 0.29) is 5.11 Å². The molecule has 0 heterocycles. The first-order valence-electron chi connectivity index (χ1n) is 9.28. The van der Waals surface area contributed by atoms with E-state index >= 15 is 0 Å². The number of thiocarbonyl (C=S) groups is 1. The van der Waals surface area contributed by atoms with Crippen LogP contribution in [-0.4, -0.2) is 30.6 Å². The summed E-state index contributed by atoms with van der Waals surface area (Å²) in [6.07, 6.45) is 0.867. The Morgan fingerprint density at radius 3 is 2.47 bits per heavy atom. The summed E-state index contributed by atoms with van der Waals surface area (Å²) >= 11 is 8.47. The van der Waals surface area contributed by atoms with Gasteiger partial charge in [0, 0.05) is 4.47 Å². The van der Waals surface area contributed by atoms with Crippen LogP contribution < -0.4 is 25.6 Å². The van der Waals surface area contributed by atoms with Gasteiger partial charge < -0.3 is 9.47 Å². The van der Waals surface area contributed by atoms with Crippen molar-refractivity contribution in [1.82, 2.24) is 16.2 Å². The van der Waals surface area contributed by atoms with Gasteiger partial charge in [-0.25, -0.2) is 0 Å². The van der Waals surface area contributed by atoms with E-state index in [1.54, 1.807) is 42.5 Å². The molecule has 0 unspecified atom stereocenters. The second-order valence-corrected chi connectivity index (χ2v) is 8.06. The molecule has 0 aliphatic heterocycles. The van der Waals surface area contributed by atoms with Crippen LogP contribution >= 0.6 is 28.1 Å². The second kappa shape index (κ2) is 11.5. The van der Waals surface area contributed by atoms with E-state index < -0.39 is 11.8 Å². The van der Waals surface area contributed by atoms with Gasteiger partial charge in [-0.3, -0.25) is 25.8 Å². The number of methoxy groups -OCH3 is 1. The summed E-state index contributed by atoms with van der Waals surface area (Å²) in [6.45, 7) is 4.70. The maximum absolute atomic E-state index is 12.7. The lowest BCUT2D eigenvalue weighted by molar-refractivity contribution is 0.0931. The smallest absolute Gasteiger partial charge is 0.273 e. The van der Waals surface area contributed by atoms with Gasteiger partial charge >= 0.3 is 0 Å². The minimum Gasteiger partial charge on any atom is -0.496 e. The van der Waals surface area contributed by atoms with E-state index in [4.69, 9.17) is 21.7 Å². The first kappa shape index (κ1) is 23.6. The van der Waals surface area contributed by atoms with E-state index in [0.29, 0.717) is 35.2 Å². The van der Waals surface area contributed by atoms with Crippen molar-refractivity contribution in [3.8, 4) is 11.5 Å². The van der Waals surface area contributed by atoms with E-state index in [0.717, 1.165) is 10.9 Å². The predicted molar refractivity (Wildman–Crippen MR) is 123 cm³/mol. The maximum Gasteiger partial charge on any atom is 0.273 e. The number of ether oxygens (including phenoxy) is 2. The lowest BCUT2D eigenvalue weighted by Gasteiger charge is -2.15. The molecule has 0 spiro atoms. The van der Waals surface area contributed by atoms with Crippen molar-refractivity contribution in [2.24, 2.45) is 5.92 Å². The summed E-state index contributed by atoms with van der Waals surface area (Å²) in [5.41, 5.74) is 5.61. The van der Waals surface area contributed by atoms with Crippen LogP contribution in [0.15, 0.2) is 46.9 Å². The average molecular weight is 494 g/mol. The fourth-order valence-electron chi connectivity index (χ4n) is 2.42. The molecule has 2 aromatic carbocycles. The molecule has 2 aromatic rings. The van der Waals surface area contributed by atoms with Crippen LogP contribution in [0, 0.1) is 5.92 Å². The number of para-hydroxylation sites is 1. The number of carbonyl (C=O) groups is 2. The molecule has 2 rings (SSSR count). The topological polar surface area (TPSA) is 88.7 Å². The molecular formula is C21H24BrN3O4S. The molecular weight excluding hydrogens is 470 g/mol. The van der Waals surface area contributed by atoms with Gasteiger partial charge in [0.05, 0.1) is 24.8 Å². The highest BCUT2D eigenvalue weighted by Crippen LogP contribution is 2.24. The molecule has 0 atom stereocenters. The highest BCUT2D eigenvalue weighted by Gasteiger charge is 2.16. The molecule has 0 radical (unpaired) electrons. The Labute approximate surface area is 189 Å². The maximum atomic E-state index is 12.7. The highest BCUT2D eigenvalue weighted by atomic mass is 79.9. The SMILES string of the molecule is COc1ccccc1C(=O)NNC(=S)NC(=O)c1cc(Br)ccc1OCCC(C)C. The molecule has 7 nitrogen and oxygen atoms in total. The lowest BCUT2D eigenvalue weighted by Crippen LogP contribution is -2.48. The summed E-state index contributed by atoms with van der Waals surface area (Å²) < 4.78 is 11.6. The molecule has 0 bridgehead atoms. The van der Waals surface area contributed by atoms with Crippen LogP contribution in [0.25, 0.3) is 0 Å². The molecule has 30 heavy (non-hydrogen) atoms. The fourth-order valence-corrected chi connectivity index (χ4v) is 2.93. The third kappa shape index (κ3) is 7.00. The normalized spacial score (nSPS) is 10.3. The Morgan fingerprint density at radius 2 is 1.77 bits per heavy atom. The molecule has 0 aliphatic carbocycles. The Morgan fingerprint density at radius 1 is 1.03 bits per heavy atom. The zero-order valence-electron chi connectivity index (χ0n) is 17.0. The first-order valence-corrected chi connectivity index (χ1v) is 10.5. The van der Waals surface area contributed by atoms with Crippen LogP contribution in [-0.2, 0) is 0 Å². The summed E-state index contributed by atoms with van der Waals surface area (Å²) in [5, 5.41) is 2.47. The number of halogens is 1. The van der Waals surface area contributed by atoms with Crippen molar-refractivity contribution in [2.45, 2.75) is 20.3 Å². The summed E-state index contributed by atoms with van der Waals surface area (Å²) in [5.74, 6) is 0.451. The largest absolute Gasteiger partial charge is 0.496 e. The van der Waals surface area contributed by atoms with Crippen molar-refractivity contribution >= 4 is 45.1 Å². The fraction of sp³-hybridized carbons (Fsp3) is 0.286. The predicted octanol–water partition coefficient (Wildman–Crippen LogP) is 3.83. The monoisotopic (exact) mass is 493 g/mol. The van der Waals surface area contributed by atoms with Gasteiger partial charge in [0.1, 0.15) is 11.5 Å². The number of amides is 2. The molecule has 0 aliphatic rings. The van der Waals surface area contributed by atoms with E-state index in [2.05, 4.69) is 45.9 Å². The third-order valence-corrected chi connectivity index (χ3v) is 4.70. The van der Waals surface area contributed by atoms with E-state index in [9.17, 15) is 9.59 Å². The average Bonchev–Trinajstić information content (AvgIpc) is 2.72. The van der Waals surface area contributed by atoms with Gasteiger partial charge in [-0.15, -0.1) is 0 Å². The number of carbonyl (C=O) groups excluding carboxylic acids is 2.